The lowest BCUT2D eigenvalue weighted by Crippen LogP contribution is -2.39. The van der Waals surface area contributed by atoms with Gasteiger partial charge in [-0.25, -0.2) is 9.78 Å². The third-order valence-corrected chi connectivity index (χ3v) is 4.59. The summed E-state index contributed by atoms with van der Waals surface area (Å²) in [5.74, 6) is 1.36. The van der Waals surface area contributed by atoms with Gasteiger partial charge in [0.1, 0.15) is 0 Å². The Morgan fingerprint density at radius 2 is 1.95 bits per heavy atom. The molecule has 114 valence electrons. The van der Waals surface area contributed by atoms with Crippen molar-refractivity contribution >= 4 is 6.03 Å². The lowest BCUT2D eigenvalue weighted by molar-refractivity contribution is 0.206. The molecule has 0 unspecified atom stereocenters. The number of aromatic nitrogens is 2. The minimum atomic E-state index is 0.118. The van der Waals surface area contributed by atoms with Crippen molar-refractivity contribution in [3.05, 3.63) is 30.9 Å². The van der Waals surface area contributed by atoms with Crippen LogP contribution < -0.4 is 5.32 Å². The molecule has 3 rings (SSSR count). The summed E-state index contributed by atoms with van der Waals surface area (Å²) in [7, 11) is 0. The zero-order valence-corrected chi connectivity index (χ0v) is 12.4. The van der Waals surface area contributed by atoms with E-state index in [1.165, 1.54) is 0 Å². The number of likely N-dealkylation sites (tertiary alicyclic amines) is 1. The highest BCUT2D eigenvalue weighted by atomic mass is 16.2. The Kier molecular flexibility index (Phi) is 4.58. The molecule has 0 radical (unpaired) electrons. The first-order chi connectivity index (χ1) is 10.3. The number of carbonyl (C=O) groups excluding carboxylic acids is 1. The second-order valence-corrected chi connectivity index (χ2v) is 6.11. The van der Waals surface area contributed by atoms with Crippen LogP contribution in [0.4, 0.5) is 4.79 Å². The third-order valence-electron chi connectivity index (χ3n) is 4.59. The molecular formula is C16H24N4O. The molecule has 5 nitrogen and oxygen atoms in total. The molecule has 21 heavy (non-hydrogen) atoms. The number of hydrogen-bond donors (Lipinski definition) is 1. The molecule has 0 aromatic carbocycles. The molecule has 5 heteroatoms. The van der Waals surface area contributed by atoms with Gasteiger partial charge in [-0.05, 0) is 37.5 Å². The van der Waals surface area contributed by atoms with Crippen molar-refractivity contribution in [3.8, 4) is 0 Å². The fourth-order valence-electron chi connectivity index (χ4n) is 3.33. The number of aryl methyl sites for hydroxylation is 1. The number of imidazole rings is 1. The summed E-state index contributed by atoms with van der Waals surface area (Å²) < 4.78 is 2.07. The van der Waals surface area contributed by atoms with Crippen molar-refractivity contribution in [2.45, 2.75) is 32.2 Å². The fraction of sp³-hybridized carbons (Fsp3) is 0.625. The molecular weight excluding hydrogens is 264 g/mol. The Morgan fingerprint density at radius 1 is 1.19 bits per heavy atom. The third kappa shape index (κ3) is 3.65. The first-order valence-corrected chi connectivity index (χ1v) is 7.96. The fourth-order valence-corrected chi connectivity index (χ4v) is 3.33. The van der Waals surface area contributed by atoms with Crippen molar-refractivity contribution in [2.75, 3.05) is 19.6 Å². The predicted molar refractivity (Wildman–Crippen MR) is 81.8 cm³/mol. The highest BCUT2D eigenvalue weighted by molar-refractivity contribution is 5.74. The normalized spacial score (nSPS) is 24.1. The van der Waals surface area contributed by atoms with E-state index in [-0.39, 0.29) is 6.03 Å². The average molecular weight is 288 g/mol. The summed E-state index contributed by atoms with van der Waals surface area (Å²) in [5, 5.41) is 3.06. The Morgan fingerprint density at radius 3 is 2.62 bits per heavy atom. The molecule has 1 saturated heterocycles. The predicted octanol–water partition coefficient (Wildman–Crippen LogP) is 2.27. The van der Waals surface area contributed by atoms with Crippen LogP contribution in [0.1, 0.15) is 25.7 Å². The van der Waals surface area contributed by atoms with E-state index in [0.29, 0.717) is 11.8 Å². The van der Waals surface area contributed by atoms with Gasteiger partial charge in [0, 0.05) is 38.6 Å². The molecule has 1 aromatic heterocycles. The van der Waals surface area contributed by atoms with Gasteiger partial charge in [0.2, 0.25) is 0 Å². The zero-order valence-electron chi connectivity index (χ0n) is 12.4. The van der Waals surface area contributed by atoms with Gasteiger partial charge in [0.15, 0.2) is 0 Å². The number of amides is 2. The molecule has 0 spiro atoms. The Hall–Kier alpha value is -1.78. The smallest absolute Gasteiger partial charge is 0.317 e. The number of nitrogens with zero attached hydrogens (tertiary/aromatic N) is 3. The molecule has 1 N–H and O–H groups in total. The van der Waals surface area contributed by atoms with Crippen molar-refractivity contribution in [3.63, 3.8) is 0 Å². The lowest BCUT2D eigenvalue weighted by atomic mass is 9.86. The molecule has 1 aromatic rings. The number of carbonyl (C=O) groups is 1. The van der Waals surface area contributed by atoms with Crippen molar-refractivity contribution < 1.29 is 4.79 Å². The van der Waals surface area contributed by atoms with E-state index in [9.17, 15) is 4.79 Å². The molecule has 0 saturated carbocycles. The number of allylic oxidation sites excluding steroid dienone is 2. The molecule has 2 atom stereocenters. The van der Waals surface area contributed by atoms with E-state index < -0.39 is 0 Å². The number of unbranched alkanes of at least 4 members (excludes halogenated alkanes) is 1. The second-order valence-electron chi connectivity index (χ2n) is 6.11. The number of fused-ring (bicyclic) bond motifs is 1. The molecule has 0 bridgehead atoms. The molecule has 2 amide bonds. The number of rotatable bonds is 5. The van der Waals surface area contributed by atoms with E-state index in [1.807, 2.05) is 17.4 Å². The van der Waals surface area contributed by atoms with Crippen molar-refractivity contribution in [1.29, 1.82) is 0 Å². The van der Waals surface area contributed by atoms with Gasteiger partial charge in [-0.2, -0.15) is 0 Å². The summed E-state index contributed by atoms with van der Waals surface area (Å²) >= 11 is 0. The highest BCUT2D eigenvalue weighted by Crippen LogP contribution is 2.32. The minimum Gasteiger partial charge on any atom is -0.338 e. The zero-order chi connectivity index (χ0) is 14.5. The maximum absolute atomic E-state index is 12.2. The topological polar surface area (TPSA) is 50.2 Å². The number of nitrogens with one attached hydrogen (secondary N) is 1. The lowest BCUT2D eigenvalue weighted by Gasteiger charge is -2.17. The highest BCUT2D eigenvalue weighted by Gasteiger charge is 2.34. The van der Waals surface area contributed by atoms with Crippen LogP contribution in [0.25, 0.3) is 0 Å². The summed E-state index contributed by atoms with van der Waals surface area (Å²) in [4.78, 5) is 18.2. The van der Waals surface area contributed by atoms with Gasteiger partial charge in [0.05, 0.1) is 6.33 Å². The summed E-state index contributed by atoms with van der Waals surface area (Å²) in [6, 6.07) is 0.118. The van der Waals surface area contributed by atoms with E-state index >= 15 is 0 Å². The van der Waals surface area contributed by atoms with Crippen molar-refractivity contribution in [1.82, 2.24) is 19.8 Å². The maximum atomic E-state index is 12.2. The number of urea groups is 1. The SMILES string of the molecule is O=C(NCCCCn1ccnc1)N1C[C@H]2CC=CC[C@H]2C1. The standard InChI is InChI=1S/C16H24N4O/c21-16(18-7-3-4-9-19-10-8-17-13-19)20-11-14-5-1-2-6-15(14)12-20/h1-2,8,10,13-15H,3-7,9,11-12H2,(H,18,21)/t14-,15+. The summed E-state index contributed by atoms with van der Waals surface area (Å²) in [6.07, 6.45) is 14.5. The van der Waals surface area contributed by atoms with Gasteiger partial charge in [-0.3, -0.25) is 0 Å². The van der Waals surface area contributed by atoms with E-state index in [4.69, 9.17) is 0 Å². The quantitative estimate of drug-likeness (QED) is 0.667. The summed E-state index contributed by atoms with van der Waals surface area (Å²) in [6.45, 7) is 3.58. The van der Waals surface area contributed by atoms with Crippen LogP contribution in [0.2, 0.25) is 0 Å². The first-order valence-electron chi connectivity index (χ1n) is 7.96. The van der Waals surface area contributed by atoms with Crippen molar-refractivity contribution in [2.24, 2.45) is 11.8 Å². The average Bonchev–Trinajstić information content (AvgIpc) is 3.15. The van der Waals surface area contributed by atoms with Crippen LogP contribution in [0.5, 0.6) is 0 Å². The van der Waals surface area contributed by atoms with Crippen LogP contribution >= 0.6 is 0 Å². The monoisotopic (exact) mass is 288 g/mol. The Bertz CT molecular complexity index is 466. The van der Waals surface area contributed by atoms with Gasteiger partial charge in [-0.15, -0.1) is 0 Å². The van der Waals surface area contributed by atoms with Gasteiger partial charge < -0.3 is 14.8 Å². The van der Waals surface area contributed by atoms with E-state index in [0.717, 1.165) is 51.9 Å². The molecule has 1 aliphatic heterocycles. The van der Waals surface area contributed by atoms with E-state index in [1.54, 1.807) is 6.20 Å². The van der Waals surface area contributed by atoms with Crippen LogP contribution in [0.15, 0.2) is 30.9 Å². The molecule has 2 aliphatic rings. The van der Waals surface area contributed by atoms with Gasteiger partial charge >= 0.3 is 6.03 Å². The molecule has 1 fully saturated rings. The van der Waals surface area contributed by atoms with Crippen LogP contribution in [0.3, 0.4) is 0 Å². The minimum absolute atomic E-state index is 0.118. The summed E-state index contributed by atoms with van der Waals surface area (Å²) in [5.41, 5.74) is 0. The van der Waals surface area contributed by atoms with E-state index in [2.05, 4.69) is 27.0 Å². The molecule has 1 aliphatic carbocycles. The van der Waals surface area contributed by atoms with Crippen LogP contribution in [-0.2, 0) is 6.54 Å². The molecule has 2 heterocycles. The van der Waals surface area contributed by atoms with Gasteiger partial charge in [-0.1, -0.05) is 12.2 Å². The van der Waals surface area contributed by atoms with Crippen LogP contribution in [-0.4, -0.2) is 40.1 Å². The largest absolute Gasteiger partial charge is 0.338 e. The van der Waals surface area contributed by atoms with Crippen LogP contribution in [0, 0.1) is 11.8 Å². The first kappa shape index (κ1) is 14.2. The Labute approximate surface area is 126 Å². The second kappa shape index (κ2) is 6.78. The number of hydrogen-bond acceptors (Lipinski definition) is 2. The Balaban J connectivity index is 1.32. The maximum Gasteiger partial charge on any atom is 0.317 e. The van der Waals surface area contributed by atoms with Gasteiger partial charge in [0.25, 0.3) is 0 Å².